The predicted octanol–water partition coefficient (Wildman–Crippen LogP) is 3.95. The first-order valence-corrected chi connectivity index (χ1v) is 9.00. The summed E-state index contributed by atoms with van der Waals surface area (Å²) in [5.41, 5.74) is 3.63. The second-order valence-electron chi connectivity index (χ2n) is 6.16. The van der Waals surface area contributed by atoms with Crippen LogP contribution < -0.4 is 14.9 Å². The first-order chi connectivity index (χ1) is 14.6. The van der Waals surface area contributed by atoms with Crippen LogP contribution in [0.4, 0.5) is 5.69 Å². The standard InChI is InChI=1S/C22H19N3O5/c1-29-21-13-17(11-12-20(21)30-15-16-7-3-2-4-8-16)14-23-24-22(26)18-9-5-6-10-19(18)25(27)28/h2-14H,15H2,1H3,(H,24,26)/b23-14-. The lowest BCUT2D eigenvalue weighted by atomic mass is 10.2. The minimum absolute atomic E-state index is 0.0677. The predicted molar refractivity (Wildman–Crippen MR) is 112 cm³/mol. The van der Waals surface area contributed by atoms with E-state index in [1.165, 1.54) is 31.5 Å². The number of ether oxygens (including phenoxy) is 2. The van der Waals surface area contributed by atoms with E-state index >= 15 is 0 Å². The fourth-order valence-electron chi connectivity index (χ4n) is 2.67. The van der Waals surface area contributed by atoms with Crippen LogP contribution in [0.5, 0.6) is 11.5 Å². The lowest BCUT2D eigenvalue weighted by Gasteiger charge is -2.11. The largest absolute Gasteiger partial charge is 0.493 e. The summed E-state index contributed by atoms with van der Waals surface area (Å²) in [6.07, 6.45) is 1.41. The summed E-state index contributed by atoms with van der Waals surface area (Å²) in [6, 6.07) is 20.6. The Labute approximate surface area is 172 Å². The third-order valence-electron chi connectivity index (χ3n) is 4.15. The van der Waals surface area contributed by atoms with Gasteiger partial charge in [-0.2, -0.15) is 5.10 Å². The maximum absolute atomic E-state index is 12.2. The van der Waals surface area contributed by atoms with Crippen LogP contribution in [0.25, 0.3) is 0 Å². The summed E-state index contributed by atoms with van der Waals surface area (Å²) >= 11 is 0. The molecule has 0 aliphatic rings. The van der Waals surface area contributed by atoms with Crippen LogP contribution >= 0.6 is 0 Å². The second kappa shape index (κ2) is 9.83. The maximum Gasteiger partial charge on any atom is 0.282 e. The second-order valence-corrected chi connectivity index (χ2v) is 6.16. The van der Waals surface area contributed by atoms with Gasteiger partial charge in [0.25, 0.3) is 11.6 Å². The number of benzene rings is 3. The number of methoxy groups -OCH3 is 1. The van der Waals surface area contributed by atoms with Crippen molar-refractivity contribution < 1.29 is 19.2 Å². The van der Waals surface area contributed by atoms with E-state index in [4.69, 9.17) is 9.47 Å². The molecule has 0 saturated heterocycles. The summed E-state index contributed by atoms with van der Waals surface area (Å²) in [5, 5.41) is 14.9. The molecule has 152 valence electrons. The summed E-state index contributed by atoms with van der Waals surface area (Å²) < 4.78 is 11.2. The number of hydrazone groups is 1. The van der Waals surface area contributed by atoms with Crippen molar-refractivity contribution in [2.24, 2.45) is 5.10 Å². The van der Waals surface area contributed by atoms with Gasteiger partial charge in [0, 0.05) is 6.07 Å². The Bertz CT molecular complexity index is 1070. The van der Waals surface area contributed by atoms with Crippen molar-refractivity contribution in [2.45, 2.75) is 6.61 Å². The Morgan fingerprint density at radius 2 is 1.80 bits per heavy atom. The number of nitro groups is 1. The van der Waals surface area contributed by atoms with Crippen molar-refractivity contribution in [2.75, 3.05) is 7.11 Å². The molecule has 0 unspecified atom stereocenters. The highest BCUT2D eigenvalue weighted by Crippen LogP contribution is 2.28. The monoisotopic (exact) mass is 405 g/mol. The van der Waals surface area contributed by atoms with E-state index in [1.54, 1.807) is 24.3 Å². The lowest BCUT2D eigenvalue weighted by molar-refractivity contribution is -0.385. The molecule has 0 radical (unpaired) electrons. The zero-order chi connectivity index (χ0) is 21.3. The molecule has 3 aromatic carbocycles. The Morgan fingerprint density at radius 1 is 1.07 bits per heavy atom. The average molecular weight is 405 g/mol. The topological polar surface area (TPSA) is 103 Å². The molecule has 0 bridgehead atoms. The number of nitrogens with zero attached hydrogens (tertiary/aromatic N) is 2. The van der Waals surface area contributed by atoms with Gasteiger partial charge in [0.1, 0.15) is 12.2 Å². The van der Waals surface area contributed by atoms with Gasteiger partial charge in [-0.3, -0.25) is 14.9 Å². The van der Waals surface area contributed by atoms with Crippen LogP contribution in [-0.2, 0) is 6.61 Å². The first kappa shape index (κ1) is 20.5. The van der Waals surface area contributed by atoms with E-state index in [1.807, 2.05) is 30.3 Å². The van der Waals surface area contributed by atoms with E-state index < -0.39 is 10.8 Å². The highest BCUT2D eigenvalue weighted by molar-refractivity contribution is 5.98. The summed E-state index contributed by atoms with van der Waals surface area (Å²) in [7, 11) is 1.53. The van der Waals surface area contributed by atoms with Crippen LogP contribution in [0.2, 0.25) is 0 Å². The number of carbonyl (C=O) groups excluding carboxylic acids is 1. The van der Waals surface area contributed by atoms with Crippen LogP contribution in [0.1, 0.15) is 21.5 Å². The van der Waals surface area contributed by atoms with Gasteiger partial charge in [0.05, 0.1) is 18.2 Å². The number of amides is 1. The van der Waals surface area contributed by atoms with Crippen molar-refractivity contribution >= 4 is 17.8 Å². The maximum atomic E-state index is 12.2. The molecule has 0 aliphatic heterocycles. The SMILES string of the molecule is COc1cc(/C=N\NC(=O)c2ccccc2[N+](=O)[O-])ccc1OCc1ccccc1. The van der Waals surface area contributed by atoms with E-state index in [0.717, 1.165) is 5.56 Å². The van der Waals surface area contributed by atoms with Crippen molar-refractivity contribution in [3.8, 4) is 11.5 Å². The minimum atomic E-state index is -0.673. The summed E-state index contributed by atoms with van der Waals surface area (Å²) in [6.45, 7) is 0.399. The molecule has 0 heterocycles. The van der Waals surface area contributed by atoms with Crippen LogP contribution in [0.15, 0.2) is 77.9 Å². The first-order valence-electron chi connectivity index (χ1n) is 9.00. The Balaban J connectivity index is 1.66. The van der Waals surface area contributed by atoms with E-state index in [0.29, 0.717) is 23.7 Å². The zero-order valence-electron chi connectivity index (χ0n) is 16.1. The van der Waals surface area contributed by atoms with E-state index in [2.05, 4.69) is 10.5 Å². The number of carbonyl (C=O) groups is 1. The smallest absolute Gasteiger partial charge is 0.282 e. The van der Waals surface area contributed by atoms with Gasteiger partial charge >= 0.3 is 0 Å². The number of hydrogen-bond acceptors (Lipinski definition) is 6. The van der Waals surface area contributed by atoms with E-state index in [-0.39, 0.29) is 11.3 Å². The van der Waals surface area contributed by atoms with Crippen molar-refractivity contribution in [3.63, 3.8) is 0 Å². The zero-order valence-corrected chi connectivity index (χ0v) is 16.1. The number of nitro benzene ring substituents is 1. The quantitative estimate of drug-likeness (QED) is 0.347. The van der Waals surface area contributed by atoms with Gasteiger partial charge in [-0.15, -0.1) is 0 Å². The molecule has 8 nitrogen and oxygen atoms in total. The summed E-state index contributed by atoms with van der Waals surface area (Å²) in [5.74, 6) is 0.413. The number of para-hydroxylation sites is 1. The van der Waals surface area contributed by atoms with Gasteiger partial charge in [-0.1, -0.05) is 42.5 Å². The molecular formula is C22H19N3O5. The molecule has 0 aliphatic carbocycles. The lowest BCUT2D eigenvalue weighted by Crippen LogP contribution is -2.18. The summed E-state index contributed by atoms with van der Waals surface area (Å²) in [4.78, 5) is 22.6. The van der Waals surface area contributed by atoms with Crippen LogP contribution in [0, 0.1) is 10.1 Å². The normalized spacial score (nSPS) is 10.6. The molecule has 0 atom stereocenters. The van der Waals surface area contributed by atoms with Crippen molar-refractivity contribution in [1.82, 2.24) is 5.43 Å². The Hall–Kier alpha value is -4.20. The fourth-order valence-corrected chi connectivity index (χ4v) is 2.67. The number of nitrogens with one attached hydrogen (secondary N) is 1. The van der Waals surface area contributed by atoms with Gasteiger partial charge in [-0.25, -0.2) is 5.43 Å². The average Bonchev–Trinajstić information content (AvgIpc) is 2.78. The fraction of sp³-hybridized carbons (Fsp3) is 0.0909. The van der Waals surface area contributed by atoms with Crippen LogP contribution in [0.3, 0.4) is 0 Å². The molecule has 30 heavy (non-hydrogen) atoms. The molecule has 1 amide bonds. The third kappa shape index (κ3) is 5.20. The van der Waals surface area contributed by atoms with Gasteiger partial charge in [-0.05, 0) is 35.4 Å². The molecule has 3 aromatic rings. The van der Waals surface area contributed by atoms with Gasteiger partial charge < -0.3 is 9.47 Å². The molecule has 0 saturated carbocycles. The molecular weight excluding hydrogens is 386 g/mol. The number of rotatable bonds is 8. The molecule has 0 aromatic heterocycles. The molecule has 0 fully saturated rings. The van der Waals surface area contributed by atoms with E-state index in [9.17, 15) is 14.9 Å². The Morgan fingerprint density at radius 3 is 2.53 bits per heavy atom. The highest BCUT2D eigenvalue weighted by atomic mass is 16.6. The molecule has 0 spiro atoms. The van der Waals surface area contributed by atoms with Gasteiger partial charge in [0.2, 0.25) is 0 Å². The van der Waals surface area contributed by atoms with Crippen molar-refractivity contribution in [3.05, 3.63) is 99.6 Å². The van der Waals surface area contributed by atoms with Crippen molar-refractivity contribution in [1.29, 1.82) is 0 Å². The number of hydrogen-bond donors (Lipinski definition) is 1. The highest BCUT2D eigenvalue weighted by Gasteiger charge is 2.18. The van der Waals surface area contributed by atoms with Crippen LogP contribution in [-0.4, -0.2) is 24.2 Å². The third-order valence-corrected chi connectivity index (χ3v) is 4.15. The molecule has 1 N–H and O–H groups in total. The molecule has 3 rings (SSSR count). The molecule has 8 heteroatoms. The van der Waals surface area contributed by atoms with Gasteiger partial charge in [0.15, 0.2) is 11.5 Å². The minimum Gasteiger partial charge on any atom is -0.493 e. The Kier molecular flexibility index (Phi) is 6.73.